The first kappa shape index (κ1) is 16.0. The minimum atomic E-state index is -0.471. The zero-order chi connectivity index (χ0) is 14.3. The average molecular weight is 382 g/mol. The van der Waals surface area contributed by atoms with Crippen LogP contribution in [0.2, 0.25) is 0 Å². The Kier molecular flexibility index (Phi) is 6.89. The number of hydrogen-bond acceptors (Lipinski definition) is 6. The predicted octanol–water partition coefficient (Wildman–Crippen LogP) is 2.04. The molecule has 0 spiro atoms. The van der Waals surface area contributed by atoms with Gasteiger partial charge >= 0.3 is 5.97 Å². The molecular formula is C12H15IO6. The molecular weight excluding hydrogens is 367 g/mol. The van der Waals surface area contributed by atoms with Gasteiger partial charge in [-0.1, -0.05) is 0 Å². The van der Waals surface area contributed by atoms with Crippen LogP contribution in [0.3, 0.4) is 0 Å². The summed E-state index contributed by atoms with van der Waals surface area (Å²) in [6, 6.07) is 3.15. The van der Waals surface area contributed by atoms with Gasteiger partial charge in [0.15, 0.2) is 13.6 Å². The summed E-state index contributed by atoms with van der Waals surface area (Å²) in [5, 5.41) is 0. The molecule has 0 aliphatic rings. The topological polar surface area (TPSA) is 63.2 Å². The highest BCUT2D eigenvalue weighted by Crippen LogP contribution is 2.32. The monoisotopic (exact) mass is 382 g/mol. The van der Waals surface area contributed by atoms with Crippen molar-refractivity contribution >= 4 is 28.6 Å². The van der Waals surface area contributed by atoms with E-state index >= 15 is 0 Å². The van der Waals surface area contributed by atoms with Crippen LogP contribution in [0, 0.1) is 3.57 Å². The van der Waals surface area contributed by atoms with Gasteiger partial charge in [-0.05, 0) is 34.7 Å². The van der Waals surface area contributed by atoms with Crippen LogP contribution in [0.4, 0.5) is 0 Å². The highest BCUT2D eigenvalue weighted by atomic mass is 127. The average Bonchev–Trinajstić information content (AvgIpc) is 2.44. The Bertz CT molecular complexity index is 405. The van der Waals surface area contributed by atoms with E-state index in [-0.39, 0.29) is 13.6 Å². The molecule has 106 valence electrons. The lowest BCUT2D eigenvalue weighted by Crippen LogP contribution is -2.08. The van der Waals surface area contributed by atoms with E-state index in [1.807, 2.05) is 0 Å². The molecule has 0 saturated carbocycles. The third kappa shape index (κ3) is 4.51. The number of methoxy groups -OCH3 is 3. The molecule has 19 heavy (non-hydrogen) atoms. The summed E-state index contributed by atoms with van der Waals surface area (Å²) in [5.41, 5.74) is 0.333. The van der Waals surface area contributed by atoms with Crippen molar-refractivity contribution < 1.29 is 28.5 Å². The van der Waals surface area contributed by atoms with E-state index in [4.69, 9.17) is 18.9 Å². The van der Waals surface area contributed by atoms with Gasteiger partial charge in [0.05, 0.1) is 16.2 Å². The standard InChI is InChI=1S/C12H15IO6/c1-15-6-18-9-4-8(12(14)17-3)5-10(11(9)13)19-7-16-2/h4-5H,6-7H2,1-3H3. The predicted molar refractivity (Wildman–Crippen MR) is 75.5 cm³/mol. The quantitative estimate of drug-likeness (QED) is 0.409. The maximum absolute atomic E-state index is 11.6. The summed E-state index contributed by atoms with van der Waals surface area (Å²) in [5.74, 6) is 0.494. The normalized spacial score (nSPS) is 10.1. The smallest absolute Gasteiger partial charge is 0.338 e. The van der Waals surface area contributed by atoms with E-state index in [0.29, 0.717) is 17.1 Å². The molecule has 0 aliphatic heterocycles. The molecule has 1 rings (SSSR count). The number of benzene rings is 1. The molecule has 0 bridgehead atoms. The van der Waals surface area contributed by atoms with Crippen LogP contribution < -0.4 is 9.47 Å². The molecule has 0 radical (unpaired) electrons. The molecule has 1 aromatic rings. The number of esters is 1. The summed E-state index contributed by atoms with van der Waals surface area (Å²) >= 11 is 2.06. The van der Waals surface area contributed by atoms with Crippen molar-refractivity contribution in [1.82, 2.24) is 0 Å². The van der Waals surface area contributed by atoms with Gasteiger partial charge in [0.1, 0.15) is 11.5 Å². The van der Waals surface area contributed by atoms with Gasteiger partial charge in [-0.15, -0.1) is 0 Å². The Hall–Kier alpha value is -1.06. The summed E-state index contributed by atoms with van der Waals surface area (Å²) in [7, 11) is 4.34. The first-order valence-corrected chi connectivity index (χ1v) is 6.37. The second-order valence-corrected chi connectivity index (χ2v) is 4.46. The summed E-state index contributed by atoms with van der Waals surface area (Å²) in [6.45, 7) is 0.148. The Morgan fingerprint density at radius 3 is 1.89 bits per heavy atom. The Labute approximate surface area is 125 Å². The number of hydrogen-bond donors (Lipinski definition) is 0. The molecule has 6 nitrogen and oxygen atoms in total. The first-order chi connectivity index (χ1) is 9.13. The second kappa shape index (κ2) is 8.18. The number of halogens is 1. The van der Waals surface area contributed by atoms with Crippen LogP contribution in [0.5, 0.6) is 11.5 Å². The van der Waals surface area contributed by atoms with Crippen LogP contribution in [0.25, 0.3) is 0 Å². The lowest BCUT2D eigenvalue weighted by atomic mass is 10.2. The molecule has 0 heterocycles. The van der Waals surface area contributed by atoms with E-state index in [1.54, 1.807) is 12.1 Å². The molecule has 0 N–H and O–H groups in total. The molecule has 7 heteroatoms. The molecule has 0 atom stereocenters. The van der Waals surface area contributed by atoms with E-state index in [2.05, 4.69) is 27.3 Å². The van der Waals surface area contributed by atoms with Gasteiger partial charge in [-0.2, -0.15) is 0 Å². The van der Waals surface area contributed by atoms with Crippen molar-refractivity contribution in [3.8, 4) is 11.5 Å². The van der Waals surface area contributed by atoms with Crippen molar-refractivity contribution in [2.75, 3.05) is 34.9 Å². The molecule has 0 aromatic heterocycles. The first-order valence-electron chi connectivity index (χ1n) is 5.29. The van der Waals surface area contributed by atoms with Crippen LogP contribution in [0.1, 0.15) is 10.4 Å². The Morgan fingerprint density at radius 1 is 1.05 bits per heavy atom. The number of rotatable bonds is 7. The SMILES string of the molecule is COCOc1cc(C(=O)OC)cc(OCOC)c1I. The molecule has 0 amide bonds. The van der Waals surface area contributed by atoms with Gasteiger partial charge in [-0.3, -0.25) is 0 Å². The van der Waals surface area contributed by atoms with Crippen molar-refractivity contribution in [3.05, 3.63) is 21.3 Å². The fourth-order valence-electron chi connectivity index (χ4n) is 1.26. The van der Waals surface area contributed by atoms with Gasteiger partial charge < -0.3 is 23.7 Å². The zero-order valence-electron chi connectivity index (χ0n) is 10.9. The molecule has 0 fully saturated rings. The molecule has 1 aromatic carbocycles. The van der Waals surface area contributed by atoms with Crippen molar-refractivity contribution in [1.29, 1.82) is 0 Å². The highest BCUT2D eigenvalue weighted by Gasteiger charge is 2.16. The Balaban J connectivity index is 3.09. The minimum Gasteiger partial charge on any atom is -0.466 e. The van der Waals surface area contributed by atoms with Crippen molar-refractivity contribution in [2.45, 2.75) is 0 Å². The summed E-state index contributed by atoms with van der Waals surface area (Å²) in [4.78, 5) is 11.6. The third-order valence-corrected chi connectivity index (χ3v) is 3.15. The fraction of sp³-hybridized carbons (Fsp3) is 0.417. The minimum absolute atomic E-state index is 0.0738. The molecule has 0 unspecified atom stereocenters. The Morgan fingerprint density at radius 2 is 1.53 bits per heavy atom. The third-order valence-electron chi connectivity index (χ3n) is 2.09. The molecule has 0 saturated heterocycles. The summed E-state index contributed by atoms with van der Waals surface area (Å²) in [6.07, 6.45) is 0. The number of ether oxygens (including phenoxy) is 5. The number of carbonyl (C=O) groups excluding carboxylic acids is 1. The number of carbonyl (C=O) groups is 1. The molecule has 0 aliphatic carbocycles. The van der Waals surface area contributed by atoms with Crippen LogP contribution in [0.15, 0.2) is 12.1 Å². The largest absolute Gasteiger partial charge is 0.466 e. The van der Waals surface area contributed by atoms with E-state index < -0.39 is 5.97 Å². The van der Waals surface area contributed by atoms with E-state index in [1.165, 1.54) is 21.3 Å². The van der Waals surface area contributed by atoms with Crippen LogP contribution in [-0.2, 0) is 14.2 Å². The maximum atomic E-state index is 11.6. The lowest BCUT2D eigenvalue weighted by Gasteiger charge is -2.13. The van der Waals surface area contributed by atoms with Gasteiger partial charge in [-0.25, -0.2) is 4.79 Å². The second-order valence-electron chi connectivity index (χ2n) is 3.38. The highest BCUT2D eigenvalue weighted by molar-refractivity contribution is 14.1. The summed E-state index contributed by atoms with van der Waals surface area (Å²) < 4.78 is 25.9. The fourth-order valence-corrected chi connectivity index (χ4v) is 1.89. The van der Waals surface area contributed by atoms with Gasteiger partial charge in [0.2, 0.25) is 0 Å². The zero-order valence-corrected chi connectivity index (χ0v) is 13.1. The lowest BCUT2D eigenvalue weighted by molar-refractivity contribution is 0.0439. The van der Waals surface area contributed by atoms with Crippen LogP contribution in [-0.4, -0.2) is 40.9 Å². The van der Waals surface area contributed by atoms with Crippen molar-refractivity contribution in [2.24, 2.45) is 0 Å². The van der Waals surface area contributed by atoms with E-state index in [9.17, 15) is 4.79 Å². The van der Waals surface area contributed by atoms with Gasteiger partial charge in [0, 0.05) is 14.2 Å². The van der Waals surface area contributed by atoms with Crippen molar-refractivity contribution in [3.63, 3.8) is 0 Å². The maximum Gasteiger partial charge on any atom is 0.338 e. The van der Waals surface area contributed by atoms with Crippen LogP contribution >= 0.6 is 22.6 Å². The van der Waals surface area contributed by atoms with Gasteiger partial charge in [0.25, 0.3) is 0 Å². The van der Waals surface area contributed by atoms with E-state index in [0.717, 1.165) is 3.57 Å².